The summed E-state index contributed by atoms with van der Waals surface area (Å²) in [6.45, 7) is 0. The summed E-state index contributed by atoms with van der Waals surface area (Å²) in [5.74, 6) is 0.714. The Labute approximate surface area is 138 Å². The third-order valence-electron chi connectivity index (χ3n) is 3.65. The smallest absolute Gasteiger partial charge is 0.138 e. The molecule has 1 heterocycles. The molecule has 1 aromatic carbocycles. The fraction of sp³-hybridized carbons (Fsp3) is 0.118. The van der Waals surface area contributed by atoms with Crippen LogP contribution in [0.2, 0.25) is 0 Å². The Morgan fingerprint density at radius 3 is 2.38 bits per heavy atom. The lowest BCUT2D eigenvalue weighted by atomic mass is 9.94. The Morgan fingerprint density at radius 1 is 1.08 bits per heavy atom. The second kappa shape index (κ2) is 6.49. The fourth-order valence-corrected chi connectivity index (χ4v) is 2.45. The molecule has 0 aliphatic heterocycles. The zero-order valence-corrected chi connectivity index (χ0v) is 12.8. The third kappa shape index (κ3) is 3.10. The van der Waals surface area contributed by atoms with Gasteiger partial charge in [0.1, 0.15) is 35.3 Å². The molecule has 0 atom stereocenters. The van der Waals surface area contributed by atoms with Crippen molar-refractivity contribution in [3.05, 3.63) is 65.5 Å². The number of hydrogen-bond acceptors (Lipinski definition) is 6. The van der Waals surface area contributed by atoms with Gasteiger partial charge in [-0.05, 0) is 18.6 Å². The van der Waals surface area contributed by atoms with Gasteiger partial charge in [-0.1, -0.05) is 18.2 Å². The summed E-state index contributed by atoms with van der Waals surface area (Å²) in [4.78, 5) is 7.62. The summed E-state index contributed by atoms with van der Waals surface area (Å²) in [7, 11) is 0. The quantitative estimate of drug-likeness (QED) is 0.748. The molecule has 0 saturated carbocycles. The van der Waals surface area contributed by atoms with Crippen LogP contribution >= 0.6 is 0 Å². The largest absolute Gasteiger partial charge is 0.462 e. The number of hydrogen-bond donors (Lipinski definition) is 3. The predicted molar refractivity (Wildman–Crippen MR) is 90.2 cm³/mol. The van der Waals surface area contributed by atoms with Gasteiger partial charge in [-0.2, -0.15) is 0 Å². The highest BCUT2D eigenvalue weighted by Gasteiger charge is 2.23. The number of nitrogens with two attached hydrogens (primary N) is 2. The van der Waals surface area contributed by atoms with Crippen molar-refractivity contribution >= 4 is 17.3 Å². The Balaban J connectivity index is 1.87. The van der Waals surface area contributed by atoms with E-state index in [9.17, 15) is 4.39 Å². The molecule has 0 unspecified atom stereocenters. The van der Waals surface area contributed by atoms with E-state index in [0.717, 1.165) is 0 Å². The molecule has 122 valence electrons. The van der Waals surface area contributed by atoms with Crippen molar-refractivity contribution in [1.82, 2.24) is 9.97 Å². The Morgan fingerprint density at radius 2 is 1.75 bits per heavy atom. The van der Waals surface area contributed by atoms with Gasteiger partial charge in [0.15, 0.2) is 0 Å². The molecule has 0 bridgehead atoms. The van der Waals surface area contributed by atoms with Gasteiger partial charge >= 0.3 is 0 Å². The van der Waals surface area contributed by atoms with Crippen molar-refractivity contribution in [3.8, 4) is 5.75 Å². The van der Waals surface area contributed by atoms with Crippen molar-refractivity contribution < 1.29 is 9.13 Å². The molecule has 0 spiro atoms. The monoisotopic (exact) mass is 325 g/mol. The topological polar surface area (TPSA) is 111 Å². The first kappa shape index (κ1) is 15.7. The van der Waals surface area contributed by atoms with E-state index in [1.54, 1.807) is 12.1 Å². The molecule has 0 fully saturated rings. The predicted octanol–water partition coefficient (Wildman–Crippen LogP) is 2.99. The maximum atomic E-state index is 14.5. The van der Waals surface area contributed by atoms with Gasteiger partial charge in [-0.25, -0.2) is 14.4 Å². The van der Waals surface area contributed by atoms with Crippen molar-refractivity contribution in [2.45, 2.75) is 12.8 Å². The number of para-hydroxylation sites is 1. The van der Waals surface area contributed by atoms with E-state index in [-0.39, 0.29) is 28.5 Å². The lowest BCUT2D eigenvalue weighted by Gasteiger charge is -2.18. The normalized spacial score (nSPS) is 14.3. The van der Waals surface area contributed by atoms with Gasteiger partial charge in [0, 0.05) is 18.1 Å². The molecule has 2 aromatic rings. The molecule has 6 nitrogen and oxygen atoms in total. The molecule has 7 heteroatoms. The minimum Gasteiger partial charge on any atom is -0.462 e. The third-order valence-corrected chi connectivity index (χ3v) is 3.65. The maximum Gasteiger partial charge on any atom is 0.138 e. The van der Waals surface area contributed by atoms with Gasteiger partial charge in [-0.3, -0.25) is 5.41 Å². The standard InChI is InChI=1S/C17H16FN5O/c18-13-8-11(24-10-4-2-1-3-5-10)6-7-12(13)15(19)14-16(20)22-9-23-17(14)21/h1-5,8-9,19H,6-7H2,(H4,20,21,22,23). The van der Waals surface area contributed by atoms with E-state index in [0.29, 0.717) is 24.4 Å². The van der Waals surface area contributed by atoms with Crippen LogP contribution in [0.25, 0.3) is 0 Å². The first-order chi connectivity index (χ1) is 11.6. The van der Waals surface area contributed by atoms with Crippen LogP contribution in [0.3, 0.4) is 0 Å². The van der Waals surface area contributed by atoms with E-state index < -0.39 is 5.83 Å². The van der Waals surface area contributed by atoms with E-state index in [2.05, 4.69) is 9.97 Å². The first-order valence-electron chi connectivity index (χ1n) is 7.33. The van der Waals surface area contributed by atoms with Gasteiger partial charge in [0.2, 0.25) is 0 Å². The summed E-state index contributed by atoms with van der Waals surface area (Å²) in [5, 5.41) is 8.22. The van der Waals surface area contributed by atoms with Crippen LogP contribution in [0, 0.1) is 5.41 Å². The van der Waals surface area contributed by atoms with E-state index in [1.807, 2.05) is 18.2 Å². The highest BCUT2D eigenvalue weighted by molar-refractivity contribution is 6.16. The summed E-state index contributed by atoms with van der Waals surface area (Å²) < 4.78 is 20.1. The zero-order valence-electron chi connectivity index (χ0n) is 12.8. The highest BCUT2D eigenvalue weighted by atomic mass is 19.1. The summed E-state index contributed by atoms with van der Waals surface area (Å²) in [6, 6.07) is 9.14. The Hall–Kier alpha value is -3.22. The molecule has 1 aliphatic rings. The molecular formula is C17H16FN5O. The van der Waals surface area contributed by atoms with Gasteiger partial charge in [0.25, 0.3) is 0 Å². The molecule has 0 amide bonds. The second-order valence-electron chi connectivity index (χ2n) is 5.25. The number of ether oxygens (including phenoxy) is 1. The van der Waals surface area contributed by atoms with Crippen molar-refractivity contribution in [3.63, 3.8) is 0 Å². The summed E-state index contributed by atoms with van der Waals surface area (Å²) in [5.41, 5.74) is 11.8. The van der Waals surface area contributed by atoms with Crippen LogP contribution < -0.4 is 16.2 Å². The van der Waals surface area contributed by atoms with E-state index in [1.165, 1.54) is 12.4 Å². The lowest BCUT2D eigenvalue weighted by Crippen LogP contribution is -2.16. The first-order valence-corrected chi connectivity index (χ1v) is 7.33. The fourth-order valence-electron chi connectivity index (χ4n) is 2.45. The maximum absolute atomic E-state index is 14.5. The van der Waals surface area contributed by atoms with Gasteiger partial charge in [0.05, 0.1) is 11.3 Å². The van der Waals surface area contributed by atoms with Crippen molar-refractivity contribution in [2.75, 3.05) is 11.5 Å². The molecule has 5 N–H and O–H groups in total. The molecule has 24 heavy (non-hydrogen) atoms. The van der Waals surface area contributed by atoms with Gasteiger partial charge < -0.3 is 16.2 Å². The van der Waals surface area contributed by atoms with Crippen LogP contribution in [-0.2, 0) is 0 Å². The number of nitrogens with zero attached hydrogens (tertiary/aromatic N) is 2. The van der Waals surface area contributed by atoms with E-state index >= 15 is 0 Å². The minimum absolute atomic E-state index is 0.0584. The SMILES string of the molecule is N=C(C1=C(F)C=C(Oc2ccccc2)CC1)c1c(N)ncnc1N. The second-order valence-corrected chi connectivity index (χ2v) is 5.25. The van der Waals surface area contributed by atoms with Crippen molar-refractivity contribution in [2.24, 2.45) is 0 Å². The zero-order chi connectivity index (χ0) is 17.1. The van der Waals surface area contributed by atoms with Crippen LogP contribution in [0.4, 0.5) is 16.0 Å². The summed E-state index contributed by atoms with van der Waals surface area (Å²) in [6.07, 6.45) is 3.26. The van der Waals surface area contributed by atoms with Crippen molar-refractivity contribution in [1.29, 1.82) is 5.41 Å². The highest BCUT2D eigenvalue weighted by Crippen LogP contribution is 2.31. The van der Waals surface area contributed by atoms with Crippen LogP contribution in [0.5, 0.6) is 5.75 Å². The van der Waals surface area contributed by atoms with Gasteiger partial charge in [-0.15, -0.1) is 0 Å². The molecule has 0 radical (unpaired) electrons. The average Bonchev–Trinajstić information content (AvgIpc) is 2.55. The van der Waals surface area contributed by atoms with Crippen LogP contribution in [0.1, 0.15) is 18.4 Å². The van der Waals surface area contributed by atoms with Crippen LogP contribution in [-0.4, -0.2) is 15.7 Å². The number of rotatable bonds is 4. The molecule has 1 aliphatic carbocycles. The van der Waals surface area contributed by atoms with E-state index in [4.69, 9.17) is 21.6 Å². The number of anilines is 2. The number of benzene rings is 1. The number of aromatic nitrogens is 2. The average molecular weight is 325 g/mol. The lowest BCUT2D eigenvalue weighted by molar-refractivity contribution is 0.395. The Bertz CT molecular complexity index is 825. The number of allylic oxidation sites excluding steroid dienone is 4. The van der Waals surface area contributed by atoms with Crippen LogP contribution in [0.15, 0.2) is 59.9 Å². The number of nitrogens with one attached hydrogen (secondary N) is 1. The Kier molecular flexibility index (Phi) is 4.24. The molecule has 0 saturated heterocycles. The minimum atomic E-state index is -0.542. The molecular weight excluding hydrogens is 309 g/mol. The summed E-state index contributed by atoms with van der Waals surface area (Å²) >= 11 is 0. The number of nitrogen functional groups attached to an aromatic ring is 2. The molecule has 3 rings (SSSR count). The molecule has 1 aromatic heterocycles. The number of halogens is 1.